The largest absolute Gasteiger partial charge is 0.436 e. The number of halogens is 3. The molecule has 138 valence electrons. The summed E-state index contributed by atoms with van der Waals surface area (Å²) in [5.41, 5.74) is 5.47. The van der Waals surface area contributed by atoms with Crippen LogP contribution in [-0.2, 0) is 0 Å². The van der Waals surface area contributed by atoms with Gasteiger partial charge in [0, 0.05) is 30.5 Å². The van der Waals surface area contributed by atoms with Gasteiger partial charge in [-0.3, -0.25) is 9.79 Å². The van der Waals surface area contributed by atoms with Crippen LogP contribution >= 0.6 is 0 Å². The van der Waals surface area contributed by atoms with E-state index in [-0.39, 0.29) is 22.8 Å². The summed E-state index contributed by atoms with van der Waals surface area (Å²) in [5, 5.41) is 2.46. The van der Waals surface area contributed by atoms with Crippen molar-refractivity contribution in [3.8, 4) is 0 Å². The second-order valence-corrected chi connectivity index (χ2v) is 6.26. The molecule has 2 atom stereocenters. The summed E-state index contributed by atoms with van der Waals surface area (Å²) in [6, 6.07) is 1.64. The van der Waals surface area contributed by atoms with Crippen molar-refractivity contribution >= 4 is 17.4 Å². The molecule has 3 rings (SSSR count). The SMILES string of the molecule is Cc1ncc(C(=O)Nc2ccc(F)c(C3N=C(N)C(C)CC3(F)F)c2)o1. The molecule has 0 fully saturated rings. The number of rotatable bonds is 3. The van der Waals surface area contributed by atoms with Crippen molar-refractivity contribution < 1.29 is 22.4 Å². The maximum absolute atomic E-state index is 14.4. The third-order valence-electron chi connectivity index (χ3n) is 4.15. The van der Waals surface area contributed by atoms with Gasteiger partial charge in [-0.05, 0) is 18.2 Å². The Morgan fingerprint density at radius 3 is 2.81 bits per heavy atom. The van der Waals surface area contributed by atoms with E-state index in [1.165, 1.54) is 19.2 Å². The molecule has 0 radical (unpaired) electrons. The van der Waals surface area contributed by atoms with Crippen molar-refractivity contribution in [2.45, 2.75) is 32.2 Å². The number of nitrogens with one attached hydrogen (secondary N) is 1. The van der Waals surface area contributed by atoms with Gasteiger partial charge in [-0.25, -0.2) is 18.2 Å². The molecule has 1 aliphatic rings. The molecule has 0 saturated heterocycles. The van der Waals surface area contributed by atoms with Crippen LogP contribution in [0.15, 0.2) is 33.8 Å². The third kappa shape index (κ3) is 3.42. The van der Waals surface area contributed by atoms with Crippen molar-refractivity contribution in [1.29, 1.82) is 0 Å². The highest BCUT2D eigenvalue weighted by molar-refractivity contribution is 6.02. The zero-order valence-corrected chi connectivity index (χ0v) is 14.1. The number of amidine groups is 1. The number of aryl methyl sites for hydroxylation is 1. The van der Waals surface area contributed by atoms with Gasteiger partial charge >= 0.3 is 0 Å². The van der Waals surface area contributed by atoms with Crippen LogP contribution in [-0.4, -0.2) is 22.6 Å². The van der Waals surface area contributed by atoms with Gasteiger partial charge in [-0.1, -0.05) is 6.92 Å². The summed E-state index contributed by atoms with van der Waals surface area (Å²) in [6.07, 6.45) is 0.705. The van der Waals surface area contributed by atoms with Gasteiger partial charge in [0.2, 0.25) is 5.76 Å². The fourth-order valence-corrected chi connectivity index (χ4v) is 2.78. The lowest BCUT2D eigenvalue weighted by atomic mass is 9.89. The first-order chi connectivity index (χ1) is 12.2. The van der Waals surface area contributed by atoms with Crippen molar-refractivity contribution in [1.82, 2.24) is 4.98 Å². The van der Waals surface area contributed by atoms with Crippen LogP contribution in [0, 0.1) is 18.7 Å². The molecule has 0 bridgehead atoms. The fourth-order valence-electron chi connectivity index (χ4n) is 2.78. The van der Waals surface area contributed by atoms with E-state index >= 15 is 0 Å². The summed E-state index contributed by atoms with van der Waals surface area (Å²) in [7, 11) is 0. The normalized spacial score (nSPS) is 22.0. The van der Waals surface area contributed by atoms with Gasteiger partial charge < -0.3 is 15.5 Å². The Hall–Kier alpha value is -2.84. The highest BCUT2D eigenvalue weighted by Crippen LogP contribution is 2.44. The number of nitrogens with zero attached hydrogens (tertiary/aromatic N) is 2. The smallest absolute Gasteiger partial charge is 0.293 e. The van der Waals surface area contributed by atoms with Crippen LogP contribution in [0.2, 0.25) is 0 Å². The first-order valence-electron chi connectivity index (χ1n) is 7.91. The Morgan fingerprint density at radius 1 is 1.42 bits per heavy atom. The number of alkyl halides is 2. The molecule has 26 heavy (non-hydrogen) atoms. The fraction of sp³-hybridized carbons (Fsp3) is 0.353. The van der Waals surface area contributed by atoms with Gasteiger partial charge in [-0.15, -0.1) is 0 Å². The number of carbonyl (C=O) groups is 1. The summed E-state index contributed by atoms with van der Waals surface area (Å²) in [5.74, 6) is -5.03. The molecule has 2 aromatic rings. The van der Waals surface area contributed by atoms with Gasteiger partial charge in [0.15, 0.2) is 5.89 Å². The molecule has 1 aromatic heterocycles. The van der Waals surface area contributed by atoms with Crippen LogP contribution in [0.4, 0.5) is 18.9 Å². The van der Waals surface area contributed by atoms with Crippen LogP contribution in [0.1, 0.15) is 41.4 Å². The van der Waals surface area contributed by atoms with Crippen LogP contribution < -0.4 is 11.1 Å². The first kappa shape index (κ1) is 18.0. The number of hydrogen-bond acceptors (Lipinski definition) is 5. The molecule has 0 spiro atoms. The Morgan fingerprint density at radius 2 is 2.15 bits per heavy atom. The predicted molar refractivity (Wildman–Crippen MR) is 88.7 cm³/mol. The lowest BCUT2D eigenvalue weighted by Gasteiger charge is -2.32. The molecule has 6 nitrogen and oxygen atoms in total. The quantitative estimate of drug-likeness (QED) is 0.870. The van der Waals surface area contributed by atoms with Crippen LogP contribution in [0.5, 0.6) is 0 Å². The summed E-state index contributed by atoms with van der Waals surface area (Å²) in [6.45, 7) is 3.11. The summed E-state index contributed by atoms with van der Waals surface area (Å²) >= 11 is 0. The maximum Gasteiger partial charge on any atom is 0.293 e. The summed E-state index contributed by atoms with van der Waals surface area (Å²) in [4.78, 5) is 19.7. The van der Waals surface area contributed by atoms with E-state index in [2.05, 4.69) is 15.3 Å². The molecule has 2 unspecified atom stereocenters. The van der Waals surface area contributed by atoms with Crippen molar-refractivity contribution in [2.75, 3.05) is 5.32 Å². The third-order valence-corrected chi connectivity index (χ3v) is 4.15. The van der Waals surface area contributed by atoms with E-state index in [4.69, 9.17) is 10.2 Å². The topological polar surface area (TPSA) is 93.5 Å². The van der Waals surface area contributed by atoms with E-state index in [9.17, 15) is 18.0 Å². The Labute approximate surface area is 147 Å². The van der Waals surface area contributed by atoms with Crippen LogP contribution in [0.25, 0.3) is 0 Å². The average molecular weight is 366 g/mol. The molecule has 0 saturated carbocycles. The van der Waals surface area contributed by atoms with E-state index in [1.54, 1.807) is 6.92 Å². The number of benzene rings is 1. The predicted octanol–water partition coefficient (Wildman–Crippen LogP) is 3.45. The zero-order chi connectivity index (χ0) is 19.1. The van der Waals surface area contributed by atoms with E-state index in [0.29, 0.717) is 5.89 Å². The molecular formula is C17H17F3N4O2. The molecular weight excluding hydrogens is 349 g/mol. The van der Waals surface area contributed by atoms with Crippen molar-refractivity contribution in [3.05, 3.63) is 47.4 Å². The Kier molecular flexibility index (Phi) is 4.47. The lowest BCUT2D eigenvalue weighted by molar-refractivity contribution is -0.0462. The first-order valence-corrected chi connectivity index (χ1v) is 7.91. The molecule has 2 heterocycles. The summed E-state index contributed by atoms with van der Waals surface area (Å²) < 4.78 is 48.1. The maximum atomic E-state index is 14.4. The number of aromatic nitrogens is 1. The van der Waals surface area contributed by atoms with Crippen molar-refractivity contribution in [2.24, 2.45) is 16.6 Å². The molecule has 3 N–H and O–H groups in total. The van der Waals surface area contributed by atoms with E-state index < -0.39 is 36.0 Å². The molecule has 0 aliphatic carbocycles. The van der Waals surface area contributed by atoms with Gasteiger partial charge in [0.1, 0.15) is 11.9 Å². The minimum Gasteiger partial charge on any atom is -0.436 e. The minimum absolute atomic E-state index is 0.0481. The lowest BCUT2D eigenvalue weighted by Crippen LogP contribution is -2.39. The molecule has 9 heteroatoms. The number of nitrogens with two attached hydrogens (primary N) is 1. The minimum atomic E-state index is -3.26. The van der Waals surface area contributed by atoms with Gasteiger partial charge in [-0.2, -0.15) is 0 Å². The molecule has 1 aromatic carbocycles. The van der Waals surface area contributed by atoms with Gasteiger partial charge in [0.05, 0.1) is 12.0 Å². The Balaban J connectivity index is 1.92. The second-order valence-electron chi connectivity index (χ2n) is 6.26. The Bertz CT molecular complexity index is 879. The van der Waals surface area contributed by atoms with Crippen LogP contribution in [0.3, 0.4) is 0 Å². The van der Waals surface area contributed by atoms with E-state index in [1.807, 2.05) is 0 Å². The zero-order valence-electron chi connectivity index (χ0n) is 14.1. The number of oxazole rings is 1. The number of amides is 1. The number of anilines is 1. The monoisotopic (exact) mass is 366 g/mol. The molecule has 1 amide bonds. The average Bonchev–Trinajstić information content (AvgIpc) is 2.99. The molecule has 1 aliphatic heterocycles. The standard InChI is InChI=1S/C17H17F3N4O2/c1-8-6-17(19,20)14(24-15(8)21)11-5-10(3-4-12(11)18)23-16(25)13-7-22-9(2)26-13/h3-5,7-8,14H,6H2,1-2H3,(H2,21,24)(H,23,25). The van der Waals surface area contributed by atoms with E-state index in [0.717, 1.165) is 12.1 Å². The number of carbonyl (C=O) groups excluding carboxylic acids is 1. The highest BCUT2D eigenvalue weighted by Gasteiger charge is 2.46. The van der Waals surface area contributed by atoms with Crippen molar-refractivity contribution in [3.63, 3.8) is 0 Å². The highest BCUT2D eigenvalue weighted by atomic mass is 19.3. The second kappa shape index (κ2) is 6.47. The number of hydrogen-bond donors (Lipinski definition) is 2. The van der Waals surface area contributed by atoms with Gasteiger partial charge in [0.25, 0.3) is 11.8 Å². The number of aliphatic imine (C=N–C) groups is 1.